The summed E-state index contributed by atoms with van der Waals surface area (Å²) in [5, 5.41) is 13.6. The van der Waals surface area contributed by atoms with Crippen LogP contribution in [0.3, 0.4) is 0 Å². The molecular formula is C20H13Cl2FN4O2S. The lowest BCUT2D eigenvalue weighted by Gasteiger charge is -2.08. The van der Waals surface area contributed by atoms with Crippen molar-refractivity contribution in [3.8, 4) is 0 Å². The Morgan fingerprint density at radius 3 is 2.53 bits per heavy atom. The Bertz CT molecular complexity index is 1250. The van der Waals surface area contributed by atoms with Crippen LogP contribution in [0.4, 0.5) is 15.9 Å². The number of amides is 2. The molecule has 2 aromatic heterocycles. The van der Waals surface area contributed by atoms with E-state index in [-0.39, 0.29) is 17.9 Å². The highest BCUT2D eigenvalue weighted by molar-refractivity contribution is 7.18. The summed E-state index contributed by atoms with van der Waals surface area (Å²) < 4.78 is 13.3. The van der Waals surface area contributed by atoms with E-state index in [1.165, 1.54) is 29.5 Å². The molecule has 30 heavy (non-hydrogen) atoms. The van der Waals surface area contributed by atoms with Crippen molar-refractivity contribution < 1.29 is 14.0 Å². The van der Waals surface area contributed by atoms with Crippen LogP contribution < -0.4 is 10.6 Å². The maximum Gasteiger partial charge on any atom is 0.256 e. The number of benzene rings is 2. The van der Waals surface area contributed by atoms with Crippen LogP contribution in [0.5, 0.6) is 0 Å². The molecule has 0 saturated carbocycles. The molecule has 0 aliphatic heterocycles. The second-order valence-corrected chi connectivity index (χ2v) is 8.25. The van der Waals surface area contributed by atoms with E-state index in [2.05, 4.69) is 20.8 Å². The van der Waals surface area contributed by atoms with Gasteiger partial charge in [0.05, 0.1) is 27.5 Å². The van der Waals surface area contributed by atoms with Gasteiger partial charge in [-0.15, -0.1) is 11.3 Å². The summed E-state index contributed by atoms with van der Waals surface area (Å²) in [4.78, 5) is 26.1. The summed E-state index contributed by atoms with van der Waals surface area (Å²) in [6, 6.07) is 12.1. The van der Waals surface area contributed by atoms with E-state index in [1.54, 1.807) is 24.3 Å². The quantitative estimate of drug-likeness (QED) is 0.365. The zero-order chi connectivity index (χ0) is 21.3. The number of fused-ring (bicyclic) bond motifs is 1. The molecule has 0 aliphatic rings. The number of nitrogens with one attached hydrogen (secondary N) is 3. The highest BCUT2D eigenvalue weighted by Crippen LogP contribution is 2.32. The summed E-state index contributed by atoms with van der Waals surface area (Å²) in [5.74, 6) is -0.890. The predicted octanol–water partition coefficient (Wildman–Crippen LogP) is 5.50. The molecule has 0 saturated heterocycles. The van der Waals surface area contributed by atoms with Crippen molar-refractivity contribution in [2.45, 2.75) is 6.42 Å². The van der Waals surface area contributed by atoms with Crippen LogP contribution in [0.15, 0.2) is 48.5 Å². The summed E-state index contributed by atoms with van der Waals surface area (Å²) in [6.45, 7) is 0. The molecule has 4 aromatic rings. The number of carbonyl (C=O) groups excluding carboxylic acids is 2. The number of thiophene rings is 1. The van der Waals surface area contributed by atoms with Gasteiger partial charge in [0.15, 0.2) is 0 Å². The summed E-state index contributed by atoms with van der Waals surface area (Å²) >= 11 is 13.5. The third-order valence-electron chi connectivity index (χ3n) is 4.19. The van der Waals surface area contributed by atoms with Crippen molar-refractivity contribution in [2.75, 3.05) is 10.6 Å². The number of nitrogens with zero attached hydrogens (tertiary/aromatic N) is 1. The van der Waals surface area contributed by atoms with Gasteiger partial charge in [-0.3, -0.25) is 14.7 Å². The van der Waals surface area contributed by atoms with Crippen molar-refractivity contribution in [1.29, 1.82) is 0 Å². The van der Waals surface area contributed by atoms with Gasteiger partial charge in [-0.05, 0) is 36.4 Å². The molecule has 10 heteroatoms. The molecule has 2 heterocycles. The van der Waals surface area contributed by atoms with E-state index in [4.69, 9.17) is 23.2 Å². The third-order valence-corrected chi connectivity index (χ3v) is 5.85. The Morgan fingerprint density at radius 1 is 1.07 bits per heavy atom. The molecule has 0 aliphatic carbocycles. The fraction of sp³-hybridized carbons (Fsp3) is 0.0500. The molecule has 4 rings (SSSR count). The van der Waals surface area contributed by atoms with Gasteiger partial charge in [0.25, 0.3) is 5.91 Å². The van der Waals surface area contributed by atoms with Gasteiger partial charge in [-0.25, -0.2) is 4.39 Å². The van der Waals surface area contributed by atoms with Crippen molar-refractivity contribution in [3.05, 3.63) is 74.8 Å². The standard InChI is InChI=1S/C20H13Cl2FN4O2S/c21-14-5-2-6-15(22)17(14)24-16(28)9-12-8-13-18(26-27-20(13)30-12)25-19(29)10-3-1-4-11(23)7-10/h1-8H,9H2,(H,24,28)(H2,25,26,27,29). The number of para-hydroxylation sites is 1. The minimum Gasteiger partial charge on any atom is -0.323 e. The normalized spacial score (nSPS) is 10.9. The Labute approximate surface area is 184 Å². The Hall–Kier alpha value is -2.94. The molecule has 0 fully saturated rings. The molecule has 0 radical (unpaired) electrons. The topological polar surface area (TPSA) is 86.9 Å². The van der Waals surface area contributed by atoms with Crippen LogP contribution in [-0.4, -0.2) is 22.0 Å². The maximum atomic E-state index is 13.3. The smallest absolute Gasteiger partial charge is 0.256 e. The lowest BCUT2D eigenvalue weighted by Crippen LogP contribution is -2.14. The van der Waals surface area contributed by atoms with Crippen LogP contribution in [0.1, 0.15) is 15.2 Å². The largest absolute Gasteiger partial charge is 0.323 e. The fourth-order valence-corrected chi connectivity index (χ4v) is 4.30. The Kier molecular flexibility index (Phi) is 5.72. The van der Waals surface area contributed by atoms with Gasteiger partial charge in [0.1, 0.15) is 16.5 Å². The number of hydrogen-bond donors (Lipinski definition) is 3. The van der Waals surface area contributed by atoms with Gasteiger partial charge in [-0.1, -0.05) is 35.3 Å². The summed E-state index contributed by atoms with van der Waals surface area (Å²) in [7, 11) is 0. The molecular weight excluding hydrogens is 450 g/mol. The van der Waals surface area contributed by atoms with E-state index < -0.39 is 11.7 Å². The second kappa shape index (κ2) is 8.43. The minimum atomic E-state index is -0.500. The second-order valence-electron chi connectivity index (χ2n) is 6.32. The number of aromatic amines is 1. The van der Waals surface area contributed by atoms with Crippen LogP contribution in [0, 0.1) is 5.82 Å². The molecule has 2 aromatic carbocycles. The number of halogens is 3. The van der Waals surface area contributed by atoms with Crippen molar-refractivity contribution in [1.82, 2.24) is 10.2 Å². The van der Waals surface area contributed by atoms with Crippen molar-refractivity contribution in [3.63, 3.8) is 0 Å². The monoisotopic (exact) mass is 462 g/mol. The molecule has 6 nitrogen and oxygen atoms in total. The van der Waals surface area contributed by atoms with Gasteiger partial charge in [0, 0.05) is 10.4 Å². The number of hydrogen-bond acceptors (Lipinski definition) is 4. The lowest BCUT2D eigenvalue weighted by molar-refractivity contribution is -0.115. The van der Waals surface area contributed by atoms with Crippen LogP contribution >= 0.6 is 34.5 Å². The van der Waals surface area contributed by atoms with E-state index >= 15 is 0 Å². The van der Waals surface area contributed by atoms with Gasteiger partial charge >= 0.3 is 0 Å². The first kappa shape index (κ1) is 20.3. The molecule has 2 amide bonds. The van der Waals surface area contributed by atoms with E-state index in [1.807, 2.05) is 0 Å². The number of H-pyrrole nitrogens is 1. The van der Waals surface area contributed by atoms with E-state index in [9.17, 15) is 14.0 Å². The fourth-order valence-electron chi connectivity index (χ4n) is 2.82. The Morgan fingerprint density at radius 2 is 1.80 bits per heavy atom. The summed E-state index contributed by atoms with van der Waals surface area (Å²) in [5.41, 5.74) is 0.542. The highest BCUT2D eigenvalue weighted by Gasteiger charge is 2.16. The SMILES string of the molecule is O=C(Cc1cc2c(NC(=O)c3cccc(F)c3)[nH]nc2s1)Nc1c(Cl)cccc1Cl. The van der Waals surface area contributed by atoms with Crippen LogP contribution in [-0.2, 0) is 11.2 Å². The number of rotatable bonds is 5. The first-order valence-electron chi connectivity index (χ1n) is 8.68. The maximum absolute atomic E-state index is 13.3. The average Bonchev–Trinajstić information content (AvgIpc) is 3.26. The molecule has 3 N–H and O–H groups in total. The lowest BCUT2D eigenvalue weighted by atomic mass is 10.2. The number of aromatic nitrogens is 2. The van der Waals surface area contributed by atoms with Gasteiger partial charge < -0.3 is 10.6 Å². The molecule has 0 spiro atoms. The number of carbonyl (C=O) groups is 2. The third kappa shape index (κ3) is 4.30. The molecule has 152 valence electrons. The molecule has 0 unspecified atom stereocenters. The van der Waals surface area contributed by atoms with Crippen LogP contribution in [0.2, 0.25) is 10.0 Å². The first-order valence-corrected chi connectivity index (χ1v) is 10.3. The van der Waals surface area contributed by atoms with E-state index in [0.717, 1.165) is 10.9 Å². The zero-order valence-corrected chi connectivity index (χ0v) is 17.5. The zero-order valence-electron chi connectivity index (χ0n) is 15.1. The van der Waals surface area contributed by atoms with Crippen molar-refractivity contribution in [2.24, 2.45) is 0 Å². The average molecular weight is 463 g/mol. The van der Waals surface area contributed by atoms with Crippen molar-refractivity contribution >= 4 is 68.1 Å². The predicted molar refractivity (Wildman–Crippen MR) is 117 cm³/mol. The van der Waals surface area contributed by atoms with Gasteiger partial charge in [-0.2, -0.15) is 5.10 Å². The molecule has 0 atom stereocenters. The van der Waals surface area contributed by atoms with Gasteiger partial charge in [0.2, 0.25) is 5.91 Å². The molecule has 0 bridgehead atoms. The first-order chi connectivity index (χ1) is 14.4. The minimum absolute atomic E-state index is 0.0832. The van der Waals surface area contributed by atoms with E-state index in [0.29, 0.717) is 31.8 Å². The number of anilines is 2. The Balaban J connectivity index is 1.49. The van der Waals surface area contributed by atoms with Crippen LogP contribution in [0.25, 0.3) is 10.2 Å². The summed E-state index contributed by atoms with van der Waals surface area (Å²) in [6.07, 6.45) is 0.0832. The highest BCUT2D eigenvalue weighted by atomic mass is 35.5.